The van der Waals surface area contributed by atoms with Crippen LogP contribution in [0.15, 0.2) is 34.1 Å². The summed E-state index contributed by atoms with van der Waals surface area (Å²) < 4.78 is 85.9. The van der Waals surface area contributed by atoms with Crippen LogP contribution in [0.4, 0.5) is 0 Å². The van der Waals surface area contributed by atoms with Crippen molar-refractivity contribution >= 4 is 44.1 Å². The molecule has 49 heavy (non-hydrogen) atoms. The monoisotopic (exact) mass is 777 g/mol. The van der Waals surface area contributed by atoms with Crippen molar-refractivity contribution < 1.29 is 102 Å². The number of hydrogen-bond acceptors (Lipinski definition) is 16. The Balaban J connectivity index is 0.0000120. The smallest absolute Gasteiger partial charge is 0.325 e. The third kappa shape index (κ3) is 10.6. The molecule has 0 aromatic heterocycles. The average molecular weight is 778 g/mol. The van der Waals surface area contributed by atoms with Crippen LogP contribution >= 0.6 is 0 Å². The number of nitrogens with zero attached hydrogens (tertiary/aromatic N) is 2. The van der Waals surface area contributed by atoms with Gasteiger partial charge in [-0.3, -0.25) is 38.1 Å². The summed E-state index contributed by atoms with van der Waals surface area (Å²) in [5.74, 6) is -9.27. The molecule has 0 aliphatic carbocycles. The Kier molecular flexibility index (Phi) is 15.2. The van der Waals surface area contributed by atoms with E-state index in [2.05, 4.69) is 23.7 Å². The number of benzene rings is 2. The standard InChI is InChI=1S/C26H30N2O18S2.Mn/c1-43-13-7-15(23(32)17(9-13)47(37,38)39)21(25(34)35)28(12-20(31)45-3)6-5-27(11-19(29)30)22(26(36)46-4)16-8-14(44-2)10-18(24(16)33)48(40,41)42;/h7-10,21-22,32-33H,3-6,11-12H2,1-2H3,(H,29,30)(H,34,35)(H,37,38,39)(H,40,41,42);/q-2;/t21-,22?;/m0./s1. The molecule has 0 bridgehead atoms. The zero-order valence-electron chi connectivity index (χ0n) is 25.4. The first-order valence-corrected chi connectivity index (χ1v) is 15.7. The molecule has 1 unspecified atom stereocenters. The van der Waals surface area contributed by atoms with Gasteiger partial charge in [-0.1, -0.05) is 0 Å². The summed E-state index contributed by atoms with van der Waals surface area (Å²) in [6, 6.07) is -1.10. The summed E-state index contributed by atoms with van der Waals surface area (Å²) in [4.78, 5) is 49.0. The van der Waals surface area contributed by atoms with Crippen LogP contribution in [-0.4, -0.2) is 120 Å². The molecule has 23 heteroatoms. The van der Waals surface area contributed by atoms with Gasteiger partial charge in [0.1, 0.15) is 44.9 Å². The normalized spacial score (nSPS) is 12.8. The van der Waals surface area contributed by atoms with Crippen LogP contribution in [0, 0.1) is 14.2 Å². The molecular weight excluding hydrogens is 747 g/mol. The summed E-state index contributed by atoms with van der Waals surface area (Å²) in [5.41, 5.74) is -1.42. The number of phenols is 2. The van der Waals surface area contributed by atoms with E-state index in [4.69, 9.17) is 9.47 Å². The molecule has 0 spiro atoms. The molecule has 0 amide bonds. The predicted molar refractivity (Wildman–Crippen MR) is 156 cm³/mol. The molecule has 0 aliphatic heterocycles. The largest absolute Gasteiger partial charge is 0.639 e. The number of hydrogen-bond donors (Lipinski definition) is 6. The Morgan fingerprint density at radius 3 is 1.47 bits per heavy atom. The number of methoxy groups -OCH3 is 2. The van der Waals surface area contributed by atoms with E-state index in [0.29, 0.717) is 21.9 Å². The van der Waals surface area contributed by atoms with Gasteiger partial charge in [0.05, 0.1) is 27.3 Å². The van der Waals surface area contributed by atoms with Crippen LogP contribution < -0.4 is 9.47 Å². The number of rotatable bonds is 17. The van der Waals surface area contributed by atoms with Gasteiger partial charge in [0.15, 0.2) is 0 Å². The Hall–Kier alpha value is -4.22. The van der Waals surface area contributed by atoms with E-state index in [1.807, 2.05) is 0 Å². The van der Waals surface area contributed by atoms with E-state index in [1.165, 1.54) is 0 Å². The van der Waals surface area contributed by atoms with Crippen molar-refractivity contribution in [1.82, 2.24) is 9.80 Å². The van der Waals surface area contributed by atoms with Crippen molar-refractivity contribution in [2.75, 3.05) is 40.4 Å². The Labute approximate surface area is 289 Å². The Morgan fingerprint density at radius 1 is 0.735 bits per heavy atom. The minimum Gasteiger partial charge on any atom is -0.639 e. The van der Waals surface area contributed by atoms with Crippen LogP contribution in [-0.2, 0) is 66.0 Å². The number of aliphatic carboxylic acids is 2. The minimum atomic E-state index is -5.19. The van der Waals surface area contributed by atoms with E-state index in [9.17, 15) is 65.5 Å². The number of aromatic hydroxyl groups is 2. The zero-order valence-corrected chi connectivity index (χ0v) is 28.2. The molecule has 2 rings (SSSR count). The van der Waals surface area contributed by atoms with Gasteiger partial charge in [0.25, 0.3) is 32.2 Å². The van der Waals surface area contributed by atoms with E-state index in [-0.39, 0.29) is 28.6 Å². The van der Waals surface area contributed by atoms with Gasteiger partial charge in [-0.05, 0) is 12.1 Å². The third-order valence-corrected chi connectivity index (χ3v) is 8.34. The Morgan fingerprint density at radius 2 is 1.14 bits per heavy atom. The van der Waals surface area contributed by atoms with E-state index >= 15 is 0 Å². The van der Waals surface area contributed by atoms with E-state index < -0.39 is 115 Å². The average Bonchev–Trinajstić information content (AvgIpc) is 2.99. The summed E-state index contributed by atoms with van der Waals surface area (Å²) in [6.07, 6.45) is 0. The maximum atomic E-state index is 13.0. The summed E-state index contributed by atoms with van der Waals surface area (Å²) >= 11 is 0. The number of phenolic OH excluding ortho intramolecular Hbond substituents is 2. The van der Waals surface area contributed by atoms with Crippen LogP contribution in [0.2, 0.25) is 0 Å². The second-order valence-corrected chi connectivity index (χ2v) is 12.3. The first kappa shape index (κ1) is 42.8. The molecule has 20 nitrogen and oxygen atoms in total. The zero-order chi connectivity index (χ0) is 36.7. The second kappa shape index (κ2) is 17.4. The summed E-state index contributed by atoms with van der Waals surface area (Å²) in [6.45, 7) is -3.61. The second-order valence-electron chi connectivity index (χ2n) is 9.53. The molecule has 273 valence electrons. The van der Waals surface area contributed by atoms with Crippen molar-refractivity contribution in [2.24, 2.45) is 0 Å². The summed E-state index contributed by atoms with van der Waals surface area (Å²) in [5, 5.41) is 41.4. The number of carbonyl (C=O) groups excluding carboxylic acids is 2. The van der Waals surface area contributed by atoms with Crippen molar-refractivity contribution in [3.05, 3.63) is 49.6 Å². The number of ether oxygens (including phenoxy) is 4. The van der Waals surface area contributed by atoms with Crippen LogP contribution in [0.25, 0.3) is 0 Å². The fraction of sp³-hybridized carbons (Fsp3) is 0.308. The molecule has 0 saturated carbocycles. The Bertz CT molecular complexity index is 1780. The van der Waals surface area contributed by atoms with Gasteiger partial charge in [0.2, 0.25) is 0 Å². The van der Waals surface area contributed by atoms with E-state index in [1.54, 1.807) is 0 Å². The van der Waals surface area contributed by atoms with Gasteiger partial charge in [0, 0.05) is 53.4 Å². The molecule has 0 saturated heterocycles. The number of carbonyl (C=O) groups is 4. The molecule has 2 aromatic rings. The molecule has 6 N–H and O–H groups in total. The molecular formula is C26H30MnN2O18S2-2. The van der Waals surface area contributed by atoms with Gasteiger partial charge in [-0.15, -0.1) is 0 Å². The molecule has 0 heterocycles. The fourth-order valence-electron chi connectivity index (χ4n) is 4.53. The number of esters is 2. The molecule has 2 atom stereocenters. The first-order valence-electron chi connectivity index (χ1n) is 12.8. The molecule has 2 aromatic carbocycles. The third-order valence-electron chi connectivity index (χ3n) is 6.61. The van der Waals surface area contributed by atoms with E-state index in [0.717, 1.165) is 26.4 Å². The molecule has 0 fully saturated rings. The number of carboxylic acids is 2. The van der Waals surface area contributed by atoms with Crippen molar-refractivity contribution in [1.29, 1.82) is 0 Å². The maximum Gasteiger partial charge on any atom is 0.325 e. The van der Waals surface area contributed by atoms with Crippen molar-refractivity contribution in [3.8, 4) is 23.0 Å². The van der Waals surface area contributed by atoms with Gasteiger partial charge in [-0.25, -0.2) is 0 Å². The predicted octanol–water partition coefficient (Wildman–Crippen LogP) is -0.169. The van der Waals surface area contributed by atoms with Gasteiger partial charge < -0.3 is 39.4 Å². The molecule has 1 radical (unpaired) electrons. The van der Waals surface area contributed by atoms with Crippen molar-refractivity contribution in [3.63, 3.8) is 0 Å². The van der Waals surface area contributed by atoms with Gasteiger partial charge >= 0.3 is 11.9 Å². The fourth-order valence-corrected chi connectivity index (χ4v) is 5.79. The number of carboxylic acid groups (broad SMARTS) is 2. The van der Waals surface area contributed by atoms with Crippen LogP contribution in [0.3, 0.4) is 0 Å². The molecule has 0 aliphatic rings. The van der Waals surface area contributed by atoms with Gasteiger partial charge in [-0.2, -0.15) is 31.1 Å². The van der Waals surface area contributed by atoms with Crippen LogP contribution in [0.1, 0.15) is 23.2 Å². The topological polar surface area (TPSA) is 301 Å². The first-order chi connectivity index (χ1) is 22.2. The van der Waals surface area contributed by atoms with Crippen LogP contribution in [0.5, 0.6) is 23.0 Å². The SMILES string of the molecule is [CH2-]OC(=O)CN(CCN(CC(=O)O)C(C(=O)O[CH2-])c1cc(OC)cc(S(=O)(=O)O)c1O)[C@H](C(=O)O)c1cc(OC)cc(S(=O)(=O)O)c1O.[Mn]. The minimum absolute atomic E-state index is 0. The summed E-state index contributed by atoms with van der Waals surface area (Å²) in [7, 11) is -2.38. The maximum absolute atomic E-state index is 13.0. The quantitative estimate of drug-likeness (QED) is 0.0526. The van der Waals surface area contributed by atoms with Crippen molar-refractivity contribution in [2.45, 2.75) is 21.9 Å².